The van der Waals surface area contributed by atoms with E-state index in [0.717, 1.165) is 38.3 Å². The van der Waals surface area contributed by atoms with Crippen molar-refractivity contribution in [3.8, 4) is 0 Å². The van der Waals surface area contributed by atoms with Crippen LogP contribution in [0.15, 0.2) is 77.3 Å². The van der Waals surface area contributed by atoms with Gasteiger partial charge in [0.05, 0.1) is 11.9 Å². The van der Waals surface area contributed by atoms with Gasteiger partial charge in [-0.2, -0.15) is 0 Å². The van der Waals surface area contributed by atoms with Crippen LogP contribution in [0.2, 0.25) is 0 Å². The number of hydrogen-bond acceptors (Lipinski definition) is 4. The number of benzene rings is 3. The van der Waals surface area contributed by atoms with Crippen molar-refractivity contribution in [1.29, 1.82) is 0 Å². The van der Waals surface area contributed by atoms with Gasteiger partial charge in [0, 0.05) is 43.5 Å². The number of rotatable bonds is 12. The summed E-state index contributed by atoms with van der Waals surface area (Å²) in [4.78, 5) is 28.1. The van der Waals surface area contributed by atoms with Gasteiger partial charge in [0.25, 0.3) is 0 Å². The Morgan fingerprint density at radius 3 is 2.21 bits per heavy atom. The lowest BCUT2D eigenvalue weighted by molar-refractivity contribution is -0.141. The lowest BCUT2D eigenvalue weighted by atomic mass is 10.0. The van der Waals surface area contributed by atoms with E-state index in [-0.39, 0.29) is 49.9 Å². The zero-order valence-corrected chi connectivity index (χ0v) is 24.0. The molecule has 0 aliphatic heterocycles. The van der Waals surface area contributed by atoms with E-state index in [1.807, 2.05) is 54.6 Å². The summed E-state index contributed by atoms with van der Waals surface area (Å²) in [5, 5.41) is 2.65. The number of halogens is 3. The fourth-order valence-electron chi connectivity index (χ4n) is 4.15. The molecule has 7 nitrogen and oxygen atoms in total. The lowest BCUT2D eigenvalue weighted by Gasteiger charge is -2.31. The molecule has 0 aliphatic carbocycles. The van der Waals surface area contributed by atoms with Crippen LogP contribution in [0.1, 0.15) is 24.0 Å². The van der Waals surface area contributed by atoms with Crippen LogP contribution in [0.5, 0.6) is 0 Å². The Hall–Kier alpha value is -3.31. The molecule has 0 aliphatic rings. The molecule has 1 atom stereocenters. The maximum Gasteiger partial charge on any atom is 0.242 e. The molecular weight excluding hydrogens is 592 g/mol. The molecule has 0 fully saturated rings. The largest absolute Gasteiger partial charge is 0.357 e. The number of nitrogens with one attached hydrogen (secondary N) is 1. The smallest absolute Gasteiger partial charge is 0.242 e. The van der Waals surface area contributed by atoms with Crippen LogP contribution in [0.3, 0.4) is 0 Å². The van der Waals surface area contributed by atoms with Gasteiger partial charge < -0.3 is 10.2 Å². The second-order valence-corrected chi connectivity index (χ2v) is 11.8. The first-order valence-corrected chi connectivity index (χ1v) is 14.9. The zero-order valence-electron chi connectivity index (χ0n) is 21.6. The highest BCUT2D eigenvalue weighted by atomic mass is 79.9. The van der Waals surface area contributed by atoms with Crippen LogP contribution >= 0.6 is 15.9 Å². The van der Waals surface area contributed by atoms with Gasteiger partial charge in [0.2, 0.25) is 21.8 Å². The summed E-state index contributed by atoms with van der Waals surface area (Å²) in [6, 6.07) is 18.7. The molecule has 3 aromatic carbocycles. The number of amides is 2. The van der Waals surface area contributed by atoms with Gasteiger partial charge in [0.1, 0.15) is 6.04 Å². The summed E-state index contributed by atoms with van der Waals surface area (Å²) in [7, 11) is -2.33. The first-order valence-electron chi connectivity index (χ1n) is 12.2. The van der Waals surface area contributed by atoms with Crippen molar-refractivity contribution in [3.05, 3.63) is 100 Å². The summed E-state index contributed by atoms with van der Waals surface area (Å²) in [6.07, 6.45) is 1.26. The maximum absolute atomic E-state index is 13.8. The molecule has 0 radical (unpaired) electrons. The van der Waals surface area contributed by atoms with E-state index in [1.165, 1.54) is 18.0 Å². The Bertz CT molecular complexity index is 1390. The highest BCUT2D eigenvalue weighted by Crippen LogP contribution is 2.22. The molecular formula is C28H30BrF2N3O4S. The highest BCUT2D eigenvalue weighted by Gasteiger charge is 2.30. The van der Waals surface area contributed by atoms with Crippen LogP contribution in [0.25, 0.3) is 0 Å². The molecule has 3 rings (SSSR count). The van der Waals surface area contributed by atoms with Gasteiger partial charge in [-0.25, -0.2) is 17.2 Å². The van der Waals surface area contributed by atoms with E-state index in [9.17, 15) is 26.8 Å². The number of hydrogen-bond donors (Lipinski definition) is 1. The minimum Gasteiger partial charge on any atom is -0.357 e. The molecule has 0 aromatic heterocycles. The van der Waals surface area contributed by atoms with Crippen molar-refractivity contribution < 1.29 is 26.8 Å². The Kier molecular flexibility index (Phi) is 10.6. The average Bonchev–Trinajstić information content (AvgIpc) is 2.90. The molecule has 0 heterocycles. The van der Waals surface area contributed by atoms with Crippen LogP contribution in [0.4, 0.5) is 14.5 Å². The summed E-state index contributed by atoms with van der Waals surface area (Å²) < 4.78 is 53.8. The first kappa shape index (κ1) is 30.2. The van der Waals surface area contributed by atoms with Crippen LogP contribution < -0.4 is 9.62 Å². The average molecular weight is 623 g/mol. The van der Waals surface area contributed by atoms with Crippen LogP contribution in [-0.2, 0) is 32.6 Å². The van der Waals surface area contributed by atoms with Crippen LogP contribution in [0, 0.1) is 11.6 Å². The van der Waals surface area contributed by atoms with E-state index in [0.29, 0.717) is 0 Å². The summed E-state index contributed by atoms with van der Waals surface area (Å²) in [5.74, 6) is -2.94. The molecule has 39 heavy (non-hydrogen) atoms. The molecule has 0 saturated heterocycles. The third kappa shape index (κ3) is 8.59. The number of carbonyl (C=O) groups excluding carboxylic acids is 2. The lowest BCUT2D eigenvalue weighted by Crippen LogP contribution is -2.49. The minimum absolute atomic E-state index is 0.0390. The van der Waals surface area contributed by atoms with Crippen molar-refractivity contribution in [1.82, 2.24) is 10.2 Å². The maximum atomic E-state index is 13.8. The van der Waals surface area contributed by atoms with Gasteiger partial charge in [-0.15, -0.1) is 0 Å². The topological polar surface area (TPSA) is 86.8 Å². The predicted molar refractivity (Wildman–Crippen MR) is 150 cm³/mol. The summed E-state index contributed by atoms with van der Waals surface area (Å²) >= 11 is 3.40. The number of likely N-dealkylation sites (N-methyl/N-ethyl adjacent to an activating group) is 1. The number of carbonyl (C=O) groups is 2. The molecule has 0 saturated carbocycles. The SMILES string of the molecule is CNC(=O)C(Cc1ccccc1)N(Cc1ccc(Br)cc1)C(=O)CCCN(c1ccc(F)c(F)c1)S(C)(=O)=O. The Balaban J connectivity index is 1.84. The zero-order chi connectivity index (χ0) is 28.6. The molecule has 208 valence electrons. The van der Waals surface area contributed by atoms with E-state index >= 15 is 0 Å². The van der Waals surface area contributed by atoms with Gasteiger partial charge in [-0.05, 0) is 41.8 Å². The summed E-state index contributed by atoms with van der Waals surface area (Å²) in [5.41, 5.74) is 1.65. The van der Waals surface area contributed by atoms with E-state index in [2.05, 4.69) is 21.2 Å². The first-order chi connectivity index (χ1) is 18.5. The van der Waals surface area contributed by atoms with Crippen molar-refractivity contribution in [2.75, 3.05) is 24.2 Å². The second-order valence-electron chi connectivity index (χ2n) is 9.00. The number of nitrogens with zero attached hydrogens (tertiary/aromatic N) is 2. The fraction of sp³-hybridized carbons (Fsp3) is 0.286. The molecule has 0 bridgehead atoms. The third-order valence-corrected chi connectivity index (χ3v) is 7.85. The van der Waals surface area contributed by atoms with Gasteiger partial charge in [-0.3, -0.25) is 13.9 Å². The normalized spacial score (nSPS) is 12.0. The quantitative estimate of drug-likeness (QED) is 0.319. The highest BCUT2D eigenvalue weighted by molar-refractivity contribution is 9.10. The van der Waals surface area contributed by atoms with Crippen molar-refractivity contribution in [3.63, 3.8) is 0 Å². The number of sulfonamides is 1. The summed E-state index contributed by atoms with van der Waals surface area (Å²) in [6.45, 7) is 0.0289. The Morgan fingerprint density at radius 1 is 0.949 bits per heavy atom. The third-order valence-electron chi connectivity index (χ3n) is 6.13. The van der Waals surface area contributed by atoms with Gasteiger partial charge in [0.15, 0.2) is 11.6 Å². The van der Waals surface area contributed by atoms with E-state index in [4.69, 9.17) is 0 Å². The van der Waals surface area contributed by atoms with Crippen LogP contribution in [-0.4, -0.2) is 51.0 Å². The Labute approximate surface area is 236 Å². The van der Waals surface area contributed by atoms with Gasteiger partial charge >= 0.3 is 0 Å². The minimum atomic E-state index is -3.84. The molecule has 3 aromatic rings. The Morgan fingerprint density at radius 2 is 1.62 bits per heavy atom. The van der Waals surface area contributed by atoms with E-state index in [1.54, 1.807) is 0 Å². The van der Waals surface area contributed by atoms with Crippen molar-refractivity contribution in [2.45, 2.75) is 31.8 Å². The number of anilines is 1. The molecule has 0 spiro atoms. The van der Waals surface area contributed by atoms with Crippen molar-refractivity contribution in [2.24, 2.45) is 0 Å². The van der Waals surface area contributed by atoms with Crippen molar-refractivity contribution >= 4 is 43.5 Å². The fourth-order valence-corrected chi connectivity index (χ4v) is 5.37. The van der Waals surface area contributed by atoms with E-state index < -0.39 is 27.7 Å². The molecule has 1 N–H and O–H groups in total. The molecule has 11 heteroatoms. The standard InChI is InChI=1S/C28H30BrF2N3O4S/c1-32-28(36)26(17-20-7-4-3-5-8-20)33(19-21-10-12-22(29)13-11-21)27(35)9-6-16-34(39(2,37)38)23-14-15-24(30)25(31)18-23/h3-5,7-8,10-15,18,26H,6,9,16-17,19H2,1-2H3,(H,32,36). The predicted octanol–water partition coefficient (Wildman–Crippen LogP) is 4.66. The van der Waals surface area contributed by atoms with Gasteiger partial charge in [-0.1, -0.05) is 58.4 Å². The molecule has 1 unspecified atom stereocenters. The monoisotopic (exact) mass is 621 g/mol. The second kappa shape index (κ2) is 13.7. The molecule has 2 amide bonds.